The van der Waals surface area contributed by atoms with E-state index in [1.807, 2.05) is 20.8 Å². The number of aromatic amines is 1. The van der Waals surface area contributed by atoms with E-state index in [2.05, 4.69) is 27.8 Å². The number of hydrogen-bond donors (Lipinski definition) is 3. The van der Waals surface area contributed by atoms with Gasteiger partial charge in [0.15, 0.2) is 0 Å². The van der Waals surface area contributed by atoms with Gasteiger partial charge in [-0.3, -0.25) is 10.4 Å². The molecule has 6 nitrogen and oxygen atoms in total. The molecule has 0 fully saturated rings. The number of H-pyrrole nitrogens is 1. The Labute approximate surface area is 139 Å². The van der Waals surface area contributed by atoms with Crippen molar-refractivity contribution in [2.75, 3.05) is 11.9 Å². The summed E-state index contributed by atoms with van der Waals surface area (Å²) in [7, 11) is 0. The highest BCUT2D eigenvalue weighted by Gasteiger charge is 2.17. The number of anilines is 1. The zero-order valence-electron chi connectivity index (χ0n) is 15.0. The van der Waals surface area contributed by atoms with E-state index in [-0.39, 0.29) is 0 Å². The number of nitrogens with one attached hydrogen (secondary N) is 3. The van der Waals surface area contributed by atoms with Gasteiger partial charge in [-0.1, -0.05) is 39.0 Å². The Morgan fingerprint density at radius 1 is 1.22 bits per heavy atom. The zero-order chi connectivity index (χ0) is 17.1. The summed E-state index contributed by atoms with van der Waals surface area (Å²) in [4.78, 5) is 11.8. The maximum absolute atomic E-state index is 11.8. The molecule has 1 amide bonds. The van der Waals surface area contributed by atoms with E-state index < -0.39 is 11.7 Å². The number of nitrogens with zero attached hydrogens (tertiary/aromatic N) is 1. The van der Waals surface area contributed by atoms with Crippen molar-refractivity contribution in [3.8, 4) is 0 Å². The molecule has 0 saturated heterocycles. The molecule has 0 aliphatic carbocycles. The quantitative estimate of drug-likeness (QED) is 0.563. The lowest BCUT2D eigenvalue weighted by atomic mass is 10.1. The van der Waals surface area contributed by atoms with E-state index in [9.17, 15) is 4.79 Å². The number of rotatable bonds is 10. The van der Waals surface area contributed by atoms with Crippen molar-refractivity contribution in [1.29, 1.82) is 0 Å². The van der Waals surface area contributed by atoms with Gasteiger partial charge in [0, 0.05) is 12.1 Å². The van der Waals surface area contributed by atoms with Crippen LogP contribution in [-0.2, 0) is 11.3 Å². The Balaban J connectivity index is 2.23. The third-order valence-electron chi connectivity index (χ3n) is 3.37. The third-order valence-corrected chi connectivity index (χ3v) is 3.37. The lowest BCUT2D eigenvalue weighted by molar-refractivity contribution is 0.0635. The maximum atomic E-state index is 11.8. The molecule has 3 N–H and O–H groups in total. The molecule has 0 saturated carbocycles. The highest BCUT2D eigenvalue weighted by molar-refractivity contribution is 5.84. The fraction of sp³-hybridized carbons (Fsp3) is 0.765. The van der Waals surface area contributed by atoms with Gasteiger partial charge in [-0.15, -0.1) is 0 Å². The molecule has 23 heavy (non-hydrogen) atoms. The molecular weight excluding hydrogens is 292 g/mol. The Morgan fingerprint density at radius 2 is 1.91 bits per heavy atom. The number of amides is 1. The minimum atomic E-state index is -0.514. The summed E-state index contributed by atoms with van der Waals surface area (Å²) in [5.41, 5.74) is 0.419. The van der Waals surface area contributed by atoms with E-state index in [1.165, 1.54) is 38.5 Å². The van der Waals surface area contributed by atoms with Crippen molar-refractivity contribution in [3.63, 3.8) is 0 Å². The highest BCUT2D eigenvalue weighted by atomic mass is 16.6. The molecule has 0 aliphatic rings. The van der Waals surface area contributed by atoms with E-state index in [0.717, 1.165) is 12.1 Å². The van der Waals surface area contributed by atoms with E-state index in [1.54, 1.807) is 6.20 Å². The smallest absolute Gasteiger partial charge is 0.413 e. The van der Waals surface area contributed by atoms with Gasteiger partial charge >= 0.3 is 6.09 Å². The Bertz CT molecular complexity index is 452. The highest BCUT2D eigenvalue weighted by Crippen LogP contribution is 2.13. The summed E-state index contributed by atoms with van der Waals surface area (Å²) >= 11 is 0. The van der Waals surface area contributed by atoms with Crippen LogP contribution in [0.4, 0.5) is 10.6 Å². The summed E-state index contributed by atoms with van der Waals surface area (Å²) in [6.07, 6.45) is 8.96. The Hall–Kier alpha value is -1.56. The van der Waals surface area contributed by atoms with Crippen molar-refractivity contribution in [3.05, 3.63) is 11.8 Å². The molecule has 0 aromatic carbocycles. The van der Waals surface area contributed by atoms with Crippen LogP contribution in [0, 0.1) is 0 Å². The summed E-state index contributed by atoms with van der Waals surface area (Å²) in [6.45, 7) is 9.39. The average molecular weight is 324 g/mol. The van der Waals surface area contributed by atoms with Crippen molar-refractivity contribution in [2.24, 2.45) is 0 Å². The fourth-order valence-corrected chi connectivity index (χ4v) is 2.21. The van der Waals surface area contributed by atoms with E-state index in [4.69, 9.17) is 4.74 Å². The predicted molar refractivity (Wildman–Crippen MR) is 93.5 cm³/mol. The monoisotopic (exact) mass is 324 g/mol. The van der Waals surface area contributed by atoms with Crippen LogP contribution < -0.4 is 10.6 Å². The molecule has 132 valence electrons. The van der Waals surface area contributed by atoms with Crippen LogP contribution in [-0.4, -0.2) is 28.4 Å². The minimum Gasteiger partial charge on any atom is -0.444 e. The van der Waals surface area contributed by atoms with Crippen molar-refractivity contribution < 1.29 is 9.53 Å². The molecule has 0 bridgehead atoms. The second-order valence-electron chi connectivity index (χ2n) is 6.84. The Morgan fingerprint density at radius 3 is 2.61 bits per heavy atom. The van der Waals surface area contributed by atoms with E-state index >= 15 is 0 Å². The molecule has 1 heterocycles. The molecule has 0 atom stereocenters. The maximum Gasteiger partial charge on any atom is 0.413 e. The largest absolute Gasteiger partial charge is 0.444 e. The van der Waals surface area contributed by atoms with Crippen molar-refractivity contribution in [1.82, 2.24) is 15.5 Å². The van der Waals surface area contributed by atoms with Gasteiger partial charge in [-0.05, 0) is 33.7 Å². The van der Waals surface area contributed by atoms with Crippen LogP contribution in [0.5, 0.6) is 0 Å². The number of unbranched alkanes of at least 4 members (excludes halogenated alkanes) is 5. The van der Waals surface area contributed by atoms with Gasteiger partial charge in [0.1, 0.15) is 11.4 Å². The van der Waals surface area contributed by atoms with Crippen LogP contribution in [0.1, 0.15) is 71.8 Å². The lowest BCUT2D eigenvalue weighted by Gasteiger charge is -2.19. The Kier molecular flexibility index (Phi) is 8.69. The second-order valence-corrected chi connectivity index (χ2v) is 6.84. The molecular formula is C17H32N4O2. The van der Waals surface area contributed by atoms with Crippen LogP contribution >= 0.6 is 0 Å². The summed E-state index contributed by atoms with van der Waals surface area (Å²) in [5.74, 6) is 0.592. The topological polar surface area (TPSA) is 79.0 Å². The van der Waals surface area contributed by atoms with E-state index in [0.29, 0.717) is 12.4 Å². The molecule has 0 radical (unpaired) electrons. The van der Waals surface area contributed by atoms with Crippen molar-refractivity contribution >= 4 is 11.9 Å². The normalized spacial score (nSPS) is 11.5. The summed E-state index contributed by atoms with van der Waals surface area (Å²) in [5, 5.41) is 12.9. The summed E-state index contributed by atoms with van der Waals surface area (Å²) in [6, 6.07) is 0. The molecule has 1 aromatic rings. The molecule has 0 aliphatic heterocycles. The summed E-state index contributed by atoms with van der Waals surface area (Å²) < 4.78 is 5.24. The number of carbonyl (C=O) groups is 1. The first-order chi connectivity index (χ1) is 10.9. The number of aromatic nitrogens is 2. The third kappa shape index (κ3) is 9.23. The van der Waals surface area contributed by atoms with Crippen LogP contribution in [0.25, 0.3) is 0 Å². The predicted octanol–water partition coefficient (Wildman–Crippen LogP) is 4.21. The molecule has 0 spiro atoms. The van der Waals surface area contributed by atoms with Gasteiger partial charge in [-0.25, -0.2) is 4.79 Å². The van der Waals surface area contributed by atoms with Gasteiger partial charge < -0.3 is 10.1 Å². The molecule has 0 unspecified atom stereocenters. The SMILES string of the molecule is CCCCCCCCNCc1cn[nH]c1NC(=O)OC(C)(C)C. The first-order valence-corrected chi connectivity index (χ1v) is 8.65. The van der Waals surface area contributed by atoms with Gasteiger partial charge in [0.25, 0.3) is 0 Å². The van der Waals surface area contributed by atoms with Gasteiger partial charge in [-0.2, -0.15) is 5.10 Å². The van der Waals surface area contributed by atoms with Crippen LogP contribution in [0.3, 0.4) is 0 Å². The minimum absolute atomic E-state index is 0.473. The first-order valence-electron chi connectivity index (χ1n) is 8.65. The van der Waals surface area contributed by atoms with Gasteiger partial charge in [0.05, 0.1) is 6.20 Å². The number of ether oxygens (including phenoxy) is 1. The second kappa shape index (κ2) is 10.3. The molecule has 1 aromatic heterocycles. The lowest BCUT2D eigenvalue weighted by Crippen LogP contribution is -2.27. The first kappa shape index (κ1) is 19.5. The van der Waals surface area contributed by atoms with Gasteiger partial charge in [0.2, 0.25) is 0 Å². The number of carbonyl (C=O) groups excluding carboxylic acids is 1. The fourth-order valence-electron chi connectivity index (χ4n) is 2.21. The standard InChI is InChI=1S/C17H32N4O2/c1-5-6-7-8-9-10-11-18-12-14-13-19-21-15(14)20-16(22)23-17(2,3)4/h13,18H,5-12H2,1-4H3,(H2,19,20,21,22). The van der Waals surface area contributed by atoms with Crippen LogP contribution in [0.15, 0.2) is 6.20 Å². The molecule has 6 heteroatoms. The molecule has 1 rings (SSSR count). The zero-order valence-corrected chi connectivity index (χ0v) is 15.0. The average Bonchev–Trinajstić information content (AvgIpc) is 2.87. The van der Waals surface area contributed by atoms with Crippen molar-refractivity contribution in [2.45, 2.75) is 78.4 Å². The number of hydrogen-bond acceptors (Lipinski definition) is 4. The van der Waals surface area contributed by atoms with Crippen LogP contribution in [0.2, 0.25) is 0 Å².